The number of halogens is 1. The number of fused-ring (bicyclic) bond motifs is 1. The van der Waals surface area contributed by atoms with Gasteiger partial charge in [-0.3, -0.25) is 9.78 Å². The van der Waals surface area contributed by atoms with Gasteiger partial charge in [-0.1, -0.05) is 6.07 Å². The molecule has 0 bridgehead atoms. The quantitative estimate of drug-likeness (QED) is 0.905. The molecule has 0 radical (unpaired) electrons. The maximum atomic E-state index is 13.0. The van der Waals surface area contributed by atoms with Crippen molar-refractivity contribution in [2.45, 2.75) is 6.42 Å². The van der Waals surface area contributed by atoms with Crippen LogP contribution in [0.4, 0.5) is 4.39 Å². The number of aromatic nitrogens is 1. The number of hydrogen-bond acceptors (Lipinski definition) is 3. The maximum absolute atomic E-state index is 13.0. The second-order valence-electron chi connectivity index (χ2n) is 4.36. The van der Waals surface area contributed by atoms with Gasteiger partial charge >= 0.3 is 0 Å². The highest BCUT2D eigenvalue weighted by Gasteiger charge is 2.10. The molecule has 0 spiro atoms. The average Bonchev–Trinajstić information content (AvgIpc) is 2.39. The van der Waals surface area contributed by atoms with Gasteiger partial charge in [-0.15, -0.1) is 0 Å². The molecule has 19 heavy (non-hydrogen) atoms. The Hall–Kier alpha value is -2.01. The topological polar surface area (TPSA) is 53.4 Å². The third-order valence-electron chi connectivity index (χ3n) is 2.90. The lowest BCUT2D eigenvalue weighted by Gasteiger charge is -2.15. The largest absolute Gasteiger partial charge is 0.395 e. The molecule has 0 saturated heterocycles. The van der Waals surface area contributed by atoms with E-state index >= 15 is 0 Å². The molecular weight excluding hydrogens is 247 g/mol. The van der Waals surface area contributed by atoms with Crippen LogP contribution < -0.4 is 0 Å². The highest BCUT2D eigenvalue weighted by atomic mass is 19.1. The van der Waals surface area contributed by atoms with Gasteiger partial charge in [-0.2, -0.15) is 0 Å². The van der Waals surface area contributed by atoms with E-state index in [2.05, 4.69) is 4.98 Å². The van der Waals surface area contributed by atoms with Crippen molar-refractivity contribution in [2.75, 3.05) is 20.2 Å². The van der Waals surface area contributed by atoms with Crippen LogP contribution in [0, 0.1) is 5.82 Å². The standard InChI is InChI=1S/C14H15FN2O2/c1-17(6-7-18)14(19)9-12-4-2-10-8-11(15)3-5-13(10)16-12/h2-5,8,18H,6-7,9H2,1H3. The van der Waals surface area contributed by atoms with Gasteiger partial charge in [0.25, 0.3) is 0 Å². The number of amides is 1. The smallest absolute Gasteiger partial charge is 0.228 e. The summed E-state index contributed by atoms with van der Waals surface area (Å²) in [5.74, 6) is -0.413. The number of likely N-dealkylation sites (N-methyl/N-ethyl adjacent to an activating group) is 1. The molecule has 1 aromatic carbocycles. The first-order chi connectivity index (χ1) is 9.10. The van der Waals surface area contributed by atoms with Gasteiger partial charge in [0, 0.05) is 19.0 Å². The molecule has 4 nitrogen and oxygen atoms in total. The van der Waals surface area contributed by atoms with E-state index < -0.39 is 0 Å². The molecule has 0 aliphatic rings. The Morgan fingerprint density at radius 2 is 2.16 bits per heavy atom. The molecule has 0 aliphatic carbocycles. The zero-order valence-corrected chi connectivity index (χ0v) is 10.6. The number of aliphatic hydroxyl groups is 1. The van der Waals surface area contributed by atoms with Crippen molar-refractivity contribution < 1.29 is 14.3 Å². The first kappa shape index (κ1) is 13.4. The fourth-order valence-corrected chi connectivity index (χ4v) is 1.80. The van der Waals surface area contributed by atoms with E-state index in [1.54, 1.807) is 25.2 Å². The number of benzene rings is 1. The lowest BCUT2D eigenvalue weighted by atomic mass is 10.1. The van der Waals surface area contributed by atoms with Crippen LogP contribution in [0.2, 0.25) is 0 Å². The molecule has 0 saturated carbocycles. The Morgan fingerprint density at radius 1 is 1.37 bits per heavy atom. The molecule has 1 heterocycles. The molecule has 5 heteroatoms. The van der Waals surface area contributed by atoms with Crippen LogP contribution in [0.25, 0.3) is 10.9 Å². The van der Waals surface area contributed by atoms with Crippen molar-refractivity contribution in [1.82, 2.24) is 9.88 Å². The highest BCUT2D eigenvalue weighted by Crippen LogP contribution is 2.14. The molecule has 2 rings (SSSR count). The van der Waals surface area contributed by atoms with Gasteiger partial charge in [-0.05, 0) is 24.3 Å². The minimum absolute atomic E-state index is 0.0628. The first-order valence-electron chi connectivity index (χ1n) is 6.00. The summed E-state index contributed by atoms with van der Waals surface area (Å²) in [6, 6.07) is 7.81. The number of carbonyl (C=O) groups is 1. The monoisotopic (exact) mass is 262 g/mol. The van der Waals surface area contributed by atoms with Crippen LogP contribution in [0.15, 0.2) is 30.3 Å². The summed E-state index contributed by atoms with van der Waals surface area (Å²) in [6.07, 6.45) is 0.170. The van der Waals surface area contributed by atoms with E-state index in [0.29, 0.717) is 23.1 Å². The number of pyridine rings is 1. The summed E-state index contributed by atoms with van der Waals surface area (Å²) in [7, 11) is 1.63. The van der Waals surface area contributed by atoms with Crippen LogP contribution in [-0.4, -0.2) is 41.1 Å². The average molecular weight is 262 g/mol. The van der Waals surface area contributed by atoms with Gasteiger partial charge in [-0.25, -0.2) is 4.39 Å². The zero-order valence-electron chi connectivity index (χ0n) is 10.6. The van der Waals surface area contributed by atoms with Crippen molar-refractivity contribution in [3.05, 3.63) is 41.8 Å². The molecule has 1 amide bonds. The fraction of sp³-hybridized carbons (Fsp3) is 0.286. The molecule has 100 valence electrons. The fourth-order valence-electron chi connectivity index (χ4n) is 1.80. The third kappa shape index (κ3) is 3.26. The Kier molecular flexibility index (Phi) is 4.06. The maximum Gasteiger partial charge on any atom is 0.228 e. The van der Waals surface area contributed by atoms with Gasteiger partial charge in [0.1, 0.15) is 5.82 Å². The number of carbonyl (C=O) groups excluding carboxylic acids is 1. The Labute approximate surface area is 110 Å². The molecular formula is C14H15FN2O2. The van der Waals surface area contributed by atoms with Crippen LogP contribution in [-0.2, 0) is 11.2 Å². The molecule has 0 atom stereocenters. The third-order valence-corrected chi connectivity index (χ3v) is 2.90. The first-order valence-corrected chi connectivity index (χ1v) is 6.00. The van der Waals surface area contributed by atoms with Crippen LogP contribution >= 0.6 is 0 Å². The minimum atomic E-state index is -0.305. The van der Waals surface area contributed by atoms with E-state index in [1.807, 2.05) is 0 Å². The van der Waals surface area contributed by atoms with E-state index in [4.69, 9.17) is 5.11 Å². The predicted molar refractivity (Wildman–Crippen MR) is 70.1 cm³/mol. The predicted octanol–water partition coefficient (Wildman–Crippen LogP) is 1.37. The lowest BCUT2D eigenvalue weighted by molar-refractivity contribution is -0.129. The highest BCUT2D eigenvalue weighted by molar-refractivity contribution is 5.81. The summed E-state index contributed by atoms with van der Waals surface area (Å²) < 4.78 is 13.0. The normalized spacial score (nSPS) is 10.7. The summed E-state index contributed by atoms with van der Waals surface area (Å²) in [5.41, 5.74) is 1.30. The van der Waals surface area contributed by atoms with E-state index in [-0.39, 0.29) is 24.8 Å². The number of nitrogens with zero attached hydrogens (tertiary/aromatic N) is 2. The van der Waals surface area contributed by atoms with Crippen molar-refractivity contribution >= 4 is 16.8 Å². The summed E-state index contributed by atoms with van der Waals surface area (Å²) in [4.78, 5) is 17.6. The SMILES string of the molecule is CN(CCO)C(=O)Cc1ccc2cc(F)ccc2n1. The summed E-state index contributed by atoms with van der Waals surface area (Å²) in [6.45, 7) is 0.240. The number of hydrogen-bond donors (Lipinski definition) is 1. The summed E-state index contributed by atoms with van der Waals surface area (Å²) in [5, 5.41) is 9.48. The van der Waals surface area contributed by atoms with E-state index in [1.165, 1.54) is 17.0 Å². The minimum Gasteiger partial charge on any atom is -0.395 e. The Balaban J connectivity index is 2.17. The van der Waals surface area contributed by atoms with E-state index in [0.717, 1.165) is 0 Å². The Morgan fingerprint density at radius 3 is 2.89 bits per heavy atom. The van der Waals surface area contributed by atoms with Gasteiger partial charge in [0.05, 0.1) is 24.2 Å². The van der Waals surface area contributed by atoms with Crippen LogP contribution in [0.1, 0.15) is 5.69 Å². The molecule has 0 unspecified atom stereocenters. The Bertz CT molecular complexity index is 601. The van der Waals surface area contributed by atoms with Gasteiger partial charge in [0.2, 0.25) is 5.91 Å². The lowest BCUT2D eigenvalue weighted by Crippen LogP contribution is -2.30. The second kappa shape index (κ2) is 5.75. The van der Waals surface area contributed by atoms with Gasteiger partial charge in [0.15, 0.2) is 0 Å². The molecule has 0 fully saturated rings. The van der Waals surface area contributed by atoms with Crippen molar-refractivity contribution in [1.29, 1.82) is 0 Å². The van der Waals surface area contributed by atoms with Gasteiger partial charge < -0.3 is 10.0 Å². The zero-order chi connectivity index (χ0) is 13.8. The van der Waals surface area contributed by atoms with Crippen molar-refractivity contribution in [2.24, 2.45) is 0 Å². The number of rotatable bonds is 4. The molecule has 2 aromatic rings. The molecule has 0 aliphatic heterocycles. The molecule has 1 aromatic heterocycles. The van der Waals surface area contributed by atoms with Crippen molar-refractivity contribution in [3.8, 4) is 0 Å². The van der Waals surface area contributed by atoms with E-state index in [9.17, 15) is 9.18 Å². The second-order valence-corrected chi connectivity index (χ2v) is 4.36. The number of aliphatic hydroxyl groups excluding tert-OH is 1. The van der Waals surface area contributed by atoms with Crippen LogP contribution in [0.3, 0.4) is 0 Å². The summed E-state index contributed by atoms with van der Waals surface area (Å²) >= 11 is 0. The van der Waals surface area contributed by atoms with Crippen LogP contribution in [0.5, 0.6) is 0 Å². The molecule has 1 N–H and O–H groups in total. The van der Waals surface area contributed by atoms with Crippen molar-refractivity contribution in [3.63, 3.8) is 0 Å².